The normalized spacial score (nSPS) is 12.7. The van der Waals surface area contributed by atoms with Crippen LogP contribution < -0.4 is 4.90 Å². The molecule has 1 heteroatoms. The fraction of sp³-hybridized carbons (Fsp3) is 0.0476. The first-order valence-electron chi connectivity index (χ1n) is 22.3. The van der Waals surface area contributed by atoms with E-state index in [1.54, 1.807) is 0 Å². The summed E-state index contributed by atoms with van der Waals surface area (Å²) in [5, 5.41) is 7.55. The van der Waals surface area contributed by atoms with Crippen LogP contribution in [-0.2, 0) is 5.41 Å². The lowest BCUT2D eigenvalue weighted by Crippen LogP contribution is -2.14. The highest BCUT2D eigenvalue weighted by atomic mass is 15.1. The minimum atomic E-state index is -0.0738. The highest BCUT2D eigenvalue weighted by Crippen LogP contribution is 2.52. The second kappa shape index (κ2) is 15.1. The summed E-state index contributed by atoms with van der Waals surface area (Å²) in [6.07, 6.45) is 0. The molecule has 11 aromatic rings. The number of rotatable bonds is 7. The smallest absolute Gasteiger partial charge is 0.0462 e. The van der Waals surface area contributed by atoms with Crippen LogP contribution in [0.25, 0.3) is 88.0 Å². The summed E-state index contributed by atoms with van der Waals surface area (Å²) in [7, 11) is 0. The molecule has 12 rings (SSSR count). The molecule has 0 aromatic heterocycles. The molecule has 0 N–H and O–H groups in total. The molecule has 0 saturated heterocycles. The van der Waals surface area contributed by atoms with Crippen molar-refractivity contribution in [1.82, 2.24) is 0 Å². The Kier molecular flexibility index (Phi) is 8.91. The van der Waals surface area contributed by atoms with Crippen LogP contribution in [0.1, 0.15) is 25.0 Å². The zero-order chi connectivity index (χ0) is 42.8. The Bertz CT molecular complexity index is 3500. The second-order valence-corrected chi connectivity index (χ2v) is 17.6. The molecule has 0 spiro atoms. The summed E-state index contributed by atoms with van der Waals surface area (Å²) < 4.78 is 0. The predicted octanol–water partition coefficient (Wildman–Crippen LogP) is 17.6. The quantitative estimate of drug-likeness (QED) is 0.145. The van der Waals surface area contributed by atoms with E-state index in [4.69, 9.17) is 0 Å². The number of anilines is 3. The van der Waals surface area contributed by atoms with E-state index in [1.807, 2.05) is 0 Å². The Hall–Kier alpha value is -8.00. The van der Waals surface area contributed by atoms with Gasteiger partial charge in [0.05, 0.1) is 0 Å². The third-order valence-corrected chi connectivity index (χ3v) is 13.6. The summed E-state index contributed by atoms with van der Waals surface area (Å²) in [4.78, 5) is 2.33. The molecule has 1 aliphatic carbocycles. The minimum absolute atomic E-state index is 0.0738. The maximum Gasteiger partial charge on any atom is 0.0462 e. The first-order chi connectivity index (χ1) is 31.5. The van der Waals surface area contributed by atoms with Crippen molar-refractivity contribution in [3.63, 3.8) is 0 Å². The Labute approximate surface area is 375 Å². The van der Waals surface area contributed by atoms with Crippen LogP contribution in [-0.4, -0.2) is 0 Å². The van der Waals surface area contributed by atoms with Gasteiger partial charge in [-0.05, 0) is 154 Å². The van der Waals surface area contributed by atoms with E-state index in [2.05, 4.69) is 255 Å². The van der Waals surface area contributed by atoms with Gasteiger partial charge in [0, 0.05) is 22.5 Å². The van der Waals surface area contributed by atoms with Gasteiger partial charge in [-0.2, -0.15) is 0 Å². The van der Waals surface area contributed by atoms with Crippen LogP contribution in [0.5, 0.6) is 0 Å². The van der Waals surface area contributed by atoms with Crippen molar-refractivity contribution in [1.29, 1.82) is 0 Å². The van der Waals surface area contributed by atoms with Gasteiger partial charge in [0.15, 0.2) is 0 Å². The van der Waals surface area contributed by atoms with Gasteiger partial charge in [-0.25, -0.2) is 0 Å². The molecular weight excluding hydrogens is 771 g/mol. The van der Waals surface area contributed by atoms with Gasteiger partial charge in [-0.15, -0.1) is 0 Å². The Morgan fingerprint density at radius 2 is 0.766 bits per heavy atom. The molecule has 0 bridgehead atoms. The maximum absolute atomic E-state index is 2.46. The van der Waals surface area contributed by atoms with Crippen LogP contribution in [0.4, 0.5) is 17.1 Å². The van der Waals surface area contributed by atoms with Gasteiger partial charge in [0.2, 0.25) is 0 Å². The molecule has 302 valence electrons. The molecule has 1 aliphatic rings. The third-order valence-electron chi connectivity index (χ3n) is 13.6. The topological polar surface area (TPSA) is 3.24 Å². The van der Waals surface area contributed by atoms with Gasteiger partial charge >= 0.3 is 0 Å². The second-order valence-electron chi connectivity index (χ2n) is 17.6. The van der Waals surface area contributed by atoms with E-state index in [1.165, 1.54) is 99.1 Å². The van der Waals surface area contributed by atoms with E-state index >= 15 is 0 Å². The van der Waals surface area contributed by atoms with Crippen molar-refractivity contribution in [3.05, 3.63) is 248 Å². The zero-order valence-electron chi connectivity index (χ0n) is 36.0. The Morgan fingerprint density at radius 3 is 1.45 bits per heavy atom. The molecule has 0 radical (unpaired) electrons. The fourth-order valence-corrected chi connectivity index (χ4v) is 10.6. The van der Waals surface area contributed by atoms with E-state index in [9.17, 15) is 0 Å². The Balaban J connectivity index is 1.13. The number of para-hydroxylation sites is 2. The molecule has 1 nitrogen and oxygen atoms in total. The van der Waals surface area contributed by atoms with Crippen LogP contribution in [0.3, 0.4) is 0 Å². The SMILES string of the molecule is CC1(C)c2ccccc2-c2ccc(-c3ccc4c(c3)c3ccccc3c3c(-c5ccccc5)c(-c5ccccc5)cc(-c5ccc(N(c6ccccc6)c6ccccc6)cc5)c43)cc21. The predicted molar refractivity (Wildman–Crippen MR) is 273 cm³/mol. The number of nitrogens with zero attached hydrogens (tertiary/aromatic N) is 1. The summed E-state index contributed by atoms with van der Waals surface area (Å²) in [5.74, 6) is 0. The number of benzene rings is 11. The number of hydrogen-bond donors (Lipinski definition) is 0. The molecule has 11 aromatic carbocycles. The van der Waals surface area contributed by atoms with Crippen LogP contribution in [0.15, 0.2) is 237 Å². The zero-order valence-corrected chi connectivity index (χ0v) is 36.0. The fourth-order valence-electron chi connectivity index (χ4n) is 10.6. The van der Waals surface area contributed by atoms with Gasteiger partial charge in [0.25, 0.3) is 0 Å². The van der Waals surface area contributed by atoms with Crippen molar-refractivity contribution in [3.8, 4) is 55.6 Å². The average molecular weight is 816 g/mol. The van der Waals surface area contributed by atoms with Crippen molar-refractivity contribution in [2.45, 2.75) is 19.3 Å². The van der Waals surface area contributed by atoms with Crippen molar-refractivity contribution in [2.75, 3.05) is 4.90 Å². The summed E-state index contributed by atoms with van der Waals surface area (Å²) >= 11 is 0. The van der Waals surface area contributed by atoms with Crippen molar-refractivity contribution < 1.29 is 0 Å². The van der Waals surface area contributed by atoms with E-state index in [0.29, 0.717) is 0 Å². The van der Waals surface area contributed by atoms with Crippen LogP contribution in [0, 0.1) is 0 Å². The third kappa shape index (κ3) is 6.08. The van der Waals surface area contributed by atoms with Crippen molar-refractivity contribution >= 4 is 49.4 Å². The molecule has 0 unspecified atom stereocenters. The molecular formula is C63H45N. The van der Waals surface area contributed by atoms with E-state index < -0.39 is 0 Å². The first-order valence-corrected chi connectivity index (χ1v) is 22.3. The maximum atomic E-state index is 2.46. The summed E-state index contributed by atoms with van der Waals surface area (Å²) in [6.45, 7) is 4.73. The molecule has 0 atom stereocenters. The van der Waals surface area contributed by atoms with Gasteiger partial charge in [-0.3, -0.25) is 0 Å². The lowest BCUT2D eigenvalue weighted by molar-refractivity contribution is 0.660. The van der Waals surface area contributed by atoms with Crippen LogP contribution >= 0.6 is 0 Å². The number of fused-ring (bicyclic) bond motifs is 9. The van der Waals surface area contributed by atoms with Crippen LogP contribution in [0.2, 0.25) is 0 Å². The molecule has 0 fully saturated rings. The molecule has 0 saturated carbocycles. The summed E-state index contributed by atoms with van der Waals surface area (Å²) in [6, 6.07) is 87.2. The highest BCUT2D eigenvalue weighted by molar-refractivity contribution is 6.33. The molecule has 64 heavy (non-hydrogen) atoms. The first kappa shape index (κ1) is 37.7. The minimum Gasteiger partial charge on any atom is -0.311 e. The molecule has 0 amide bonds. The Morgan fingerprint density at radius 1 is 0.281 bits per heavy atom. The van der Waals surface area contributed by atoms with Gasteiger partial charge in [-0.1, -0.05) is 196 Å². The largest absolute Gasteiger partial charge is 0.311 e. The number of hydrogen-bond acceptors (Lipinski definition) is 1. The monoisotopic (exact) mass is 815 g/mol. The summed E-state index contributed by atoms with van der Waals surface area (Å²) in [5.41, 5.74) is 18.5. The lowest BCUT2D eigenvalue weighted by atomic mass is 9.80. The van der Waals surface area contributed by atoms with E-state index in [0.717, 1.165) is 17.1 Å². The lowest BCUT2D eigenvalue weighted by Gasteiger charge is -2.26. The standard InChI is InChI=1S/C63H45N/c1-63(2)58-30-18-17-28-51(58)52-37-33-46(40-59(52)63)45-34-38-54-57(39-45)50-27-15-16-29-53(50)62-60(44-21-9-4-10-22-44)55(42-19-7-3-8-20-42)41-56(61(54)62)43-31-35-49(36-32-43)64(47-23-11-5-12-24-47)48-25-13-6-14-26-48/h3-41H,1-2H3. The van der Waals surface area contributed by atoms with Crippen molar-refractivity contribution in [2.24, 2.45) is 0 Å². The van der Waals surface area contributed by atoms with E-state index in [-0.39, 0.29) is 5.41 Å². The molecule has 0 aliphatic heterocycles. The highest BCUT2D eigenvalue weighted by Gasteiger charge is 2.35. The van der Waals surface area contributed by atoms with Gasteiger partial charge in [0.1, 0.15) is 0 Å². The van der Waals surface area contributed by atoms with Gasteiger partial charge < -0.3 is 4.90 Å². The average Bonchev–Trinajstić information content (AvgIpc) is 3.59. The molecule has 0 heterocycles.